The molecule has 2 amide bonds. The molecule has 84 heavy (non-hydrogen) atoms. The lowest BCUT2D eigenvalue weighted by Gasteiger charge is -2.40. The number of fused-ring (bicyclic) bond motifs is 1. The minimum absolute atomic E-state index is 0.128. The molecule has 8 rings (SSSR count). The van der Waals surface area contributed by atoms with Crippen molar-refractivity contribution in [2.24, 2.45) is 5.41 Å². The molecule has 0 spiro atoms. The Balaban J connectivity index is 0.630. The van der Waals surface area contributed by atoms with Gasteiger partial charge in [0.2, 0.25) is 11.8 Å². The molecule has 2 aromatic heterocycles. The largest absolute Gasteiger partial charge is 0.493 e. The number of nitrogens with one attached hydrogen (secondary N) is 3. The fourth-order valence-corrected chi connectivity index (χ4v) is 11.5. The Morgan fingerprint density at radius 2 is 1.49 bits per heavy atom. The van der Waals surface area contributed by atoms with Crippen LogP contribution in [-0.4, -0.2) is 157 Å². The number of benzene rings is 4. The number of thiazole rings is 1. The van der Waals surface area contributed by atoms with Gasteiger partial charge in [-0.25, -0.2) is 4.98 Å². The quantitative estimate of drug-likeness (QED) is 0.0248. The number of aryl methyl sites for hydroxylation is 1. The van der Waals surface area contributed by atoms with E-state index in [4.69, 9.17) is 23.7 Å². The number of piperazine rings is 1. The van der Waals surface area contributed by atoms with E-state index < -0.39 is 29.8 Å². The molecule has 0 aliphatic carbocycles. The summed E-state index contributed by atoms with van der Waals surface area (Å²) in [5.41, 5.74) is 6.85. The zero-order valence-electron chi connectivity index (χ0n) is 49.5. The molecule has 2 saturated heterocycles. The number of aliphatic hydroxyl groups is 2. The van der Waals surface area contributed by atoms with Crippen LogP contribution in [0.25, 0.3) is 21.3 Å². The first-order valence-corrected chi connectivity index (χ1v) is 30.6. The number of hydrogen-bond donors (Lipinski definition) is 5. The van der Waals surface area contributed by atoms with Crippen LogP contribution < -0.4 is 30.2 Å². The molecule has 6 aromatic rings. The lowest BCUT2D eigenvalue weighted by molar-refractivity contribution is -0.135. The van der Waals surface area contributed by atoms with E-state index in [2.05, 4.69) is 41.8 Å². The number of amides is 2. The van der Waals surface area contributed by atoms with Gasteiger partial charge < -0.3 is 59.6 Å². The SMILES string of the molecule is COc1cc2c(Nc3ccc(Oc4ccccc4)cc3)c(C#N)cnc2cc1OCCCN1CCN(CCCCCOCCOCCCCCC(=O)N[C@H](C(O)N2C[C@H](O)C[C@H]2C(=O)NCc2ccc(-c3scnc3C)cc2)C(C)(C)C)CC1. The molecule has 19 heteroatoms. The van der Waals surface area contributed by atoms with Crippen LogP contribution in [0, 0.1) is 23.7 Å². The van der Waals surface area contributed by atoms with Crippen LogP contribution in [0.2, 0.25) is 0 Å². The molecule has 5 N–H and O–H groups in total. The Bertz CT molecular complexity index is 3040. The Kier molecular flexibility index (Phi) is 24.1. The van der Waals surface area contributed by atoms with Crippen LogP contribution in [-0.2, 0) is 25.6 Å². The van der Waals surface area contributed by atoms with Gasteiger partial charge in [-0.15, -0.1) is 11.3 Å². The number of carbonyl (C=O) groups is 2. The van der Waals surface area contributed by atoms with Crippen molar-refractivity contribution in [3.63, 3.8) is 0 Å². The predicted molar refractivity (Wildman–Crippen MR) is 329 cm³/mol. The van der Waals surface area contributed by atoms with Crippen molar-refractivity contribution in [3.05, 3.63) is 120 Å². The average molecular weight is 1170 g/mol. The van der Waals surface area contributed by atoms with Crippen LogP contribution in [0.4, 0.5) is 11.4 Å². The number of para-hydroxylation sites is 1. The summed E-state index contributed by atoms with van der Waals surface area (Å²) < 4.78 is 29.7. The van der Waals surface area contributed by atoms with E-state index in [9.17, 15) is 25.1 Å². The second-order valence-electron chi connectivity index (χ2n) is 22.8. The number of pyridine rings is 1. The zero-order chi connectivity index (χ0) is 59.3. The fourth-order valence-electron chi connectivity index (χ4n) is 10.7. The monoisotopic (exact) mass is 1170 g/mol. The predicted octanol–water partition coefficient (Wildman–Crippen LogP) is 9.83. The number of rotatable bonds is 32. The van der Waals surface area contributed by atoms with Crippen molar-refractivity contribution in [2.75, 3.05) is 91.3 Å². The van der Waals surface area contributed by atoms with E-state index in [0.29, 0.717) is 79.8 Å². The highest BCUT2D eigenvalue weighted by atomic mass is 32.1. The molecule has 0 radical (unpaired) electrons. The molecule has 18 nitrogen and oxygen atoms in total. The Morgan fingerprint density at radius 1 is 0.810 bits per heavy atom. The van der Waals surface area contributed by atoms with Crippen LogP contribution in [0.3, 0.4) is 0 Å². The lowest BCUT2D eigenvalue weighted by Crippen LogP contribution is -2.60. The number of methoxy groups -OCH3 is 1. The van der Waals surface area contributed by atoms with Gasteiger partial charge in [0.15, 0.2) is 11.5 Å². The molecule has 450 valence electrons. The normalized spacial score (nSPS) is 16.7. The first-order chi connectivity index (χ1) is 40.8. The summed E-state index contributed by atoms with van der Waals surface area (Å²) in [7, 11) is 1.62. The molecule has 0 saturated carbocycles. The minimum Gasteiger partial charge on any atom is -0.493 e. The maximum Gasteiger partial charge on any atom is 0.237 e. The summed E-state index contributed by atoms with van der Waals surface area (Å²) >= 11 is 1.59. The van der Waals surface area contributed by atoms with Gasteiger partial charge in [-0.1, -0.05) is 69.7 Å². The van der Waals surface area contributed by atoms with Gasteiger partial charge in [-0.05, 0) is 117 Å². The Labute approximate surface area is 499 Å². The highest BCUT2D eigenvalue weighted by molar-refractivity contribution is 7.13. The van der Waals surface area contributed by atoms with Gasteiger partial charge in [0.05, 0.1) is 78.0 Å². The number of anilines is 2. The fraction of sp³-hybridized carbons (Fsp3) is 0.492. The number of ether oxygens (including phenoxy) is 5. The van der Waals surface area contributed by atoms with Crippen molar-refractivity contribution >= 4 is 45.4 Å². The Morgan fingerprint density at radius 3 is 2.14 bits per heavy atom. The molecular weight excluding hydrogens is 1080 g/mol. The van der Waals surface area contributed by atoms with Crippen LogP contribution in [0.1, 0.15) is 95.4 Å². The summed E-state index contributed by atoms with van der Waals surface area (Å²) in [4.78, 5) is 43.4. The topological polar surface area (TPSA) is 216 Å². The van der Waals surface area contributed by atoms with E-state index in [1.54, 1.807) is 29.5 Å². The summed E-state index contributed by atoms with van der Waals surface area (Å²) in [5.74, 6) is 2.23. The first kappa shape index (κ1) is 63.3. The van der Waals surface area contributed by atoms with Gasteiger partial charge in [-0.3, -0.25) is 19.5 Å². The third-order valence-electron chi connectivity index (χ3n) is 15.5. The maximum atomic E-state index is 13.5. The number of carbonyl (C=O) groups excluding carboxylic acids is 2. The van der Waals surface area contributed by atoms with Crippen molar-refractivity contribution < 1.29 is 43.5 Å². The van der Waals surface area contributed by atoms with Crippen LogP contribution >= 0.6 is 11.3 Å². The number of unbranched alkanes of at least 4 members (excludes halogenated alkanes) is 4. The minimum atomic E-state index is -1.17. The third-order valence-corrected chi connectivity index (χ3v) is 16.5. The highest BCUT2D eigenvalue weighted by Gasteiger charge is 2.45. The van der Waals surface area contributed by atoms with Crippen molar-refractivity contribution in [1.29, 1.82) is 5.26 Å². The molecule has 2 aliphatic heterocycles. The number of hydrogen-bond acceptors (Lipinski definition) is 17. The van der Waals surface area contributed by atoms with E-state index >= 15 is 0 Å². The third kappa shape index (κ3) is 18.6. The molecule has 0 bridgehead atoms. The molecule has 4 heterocycles. The lowest BCUT2D eigenvalue weighted by atomic mass is 9.84. The molecule has 4 aromatic carbocycles. The van der Waals surface area contributed by atoms with Crippen LogP contribution in [0.15, 0.2) is 103 Å². The second kappa shape index (κ2) is 32.0. The first-order valence-electron chi connectivity index (χ1n) is 29.7. The van der Waals surface area contributed by atoms with Crippen molar-refractivity contribution in [2.45, 2.75) is 116 Å². The van der Waals surface area contributed by atoms with E-state index in [-0.39, 0.29) is 24.8 Å². The summed E-state index contributed by atoms with van der Waals surface area (Å²) in [5, 5.41) is 42.6. The number of nitrogens with zero attached hydrogens (tertiary/aromatic N) is 6. The van der Waals surface area contributed by atoms with Gasteiger partial charge in [0, 0.05) is 88.8 Å². The standard InChI is InChI=1S/C65H85N9O9S/c1-46-61(84-45-69-46)48-21-19-47(20-22-48)42-68-63(77)56-38-51(75)44-74(56)64(78)62(65(2,3)4)71-59(76)18-11-7-13-33-80-36-37-81-34-14-8-12-27-72-29-31-73(32-30-72)28-15-35-82-58-40-55-54(39-57(58)79-5)60(49(41-66)43-67-55)70-50-23-25-53(26-24-50)83-52-16-9-6-10-17-52/h6,9-10,16-17,19-26,39-40,43,45,51,56,62,64,75,78H,7-8,11-15,18,27-38,42,44H2,1-5H3,(H,67,70)(H,68,77)(H,71,76)/t51-,56+,62-,64?/m1/s1. The van der Waals surface area contributed by atoms with E-state index in [0.717, 1.165) is 123 Å². The van der Waals surface area contributed by atoms with Gasteiger partial charge in [-0.2, -0.15) is 5.26 Å². The van der Waals surface area contributed by atoms with Gasteiger partial charge in [0.1, 0.15) is 23.8 Å². The number of aliphatic hydroxyl groups excluding tert-OH is 2. The number of nitriles is 1. The molecular formula is C65H85N9O9S. The molecule has 4 atom stereocenters. The number of likely N-dealkylation sites (tertiary alicyclic amines) is 1. The summed E-state index contributed by atoms with van der Waals surface area (Å²) in [6, 6.07) is 29.8. The van der Waals surface area contributed by atoms with Crippen LogP contribution in [0.5, 0.6) is 23.0 Å². The smallest absolute Gasteiger partial charge is 0.237 e. The van der Waals surface area contributed by atoms with Crippen molar-refractivity contribution in [1.82, 2.24) is 35.3 Å². The van der Waals surface area contributed by atoms with Gasteiger partial charge >= 0.3 is 0 Å². The van der Waals surface area contributed by atoms with E-state index in [1.165, 1.54) is 0 Å². The highest BCUT2D eigenvalue weighted by Crippen LogP contribution is 2.38. The Hall–Kier alpha value is -6.73. The van der Waals surface area contributed by atoms with Gasteiger partial charge in [0.25, 0.3) is 0 Å². The summed E-state index contributed by atoms with van der Waals surface area (Å²) in [6.07, 6.45) is 6.65. The molecule has 1 unspecified atom stereocenters. The average Bonchev–Trinajstić information content (AvgIpc) is 3.03. The second-order valence-corrected chi connectivity index (χ2v) is 23.7. The summed E-state index contributed by atoms with van der Waals surface area (Å²) in [6.45, 7) is 17.5. The number of β-amino-alcohol motifs (C(OH)–C–C–N with tert-alkyl or cyclic N) is 1. The molecule has 2 aliphatic rings. The maximum absolute atomic E-state index is 13.5. The zero-order valence-corrected chi connectivity index (χ0v) is 50.3. The molecule has 2 fully saturated rings. The number of aromatic nitrogens is 2. The van der Waals surface area contributed by atoms with E-state index in [1.807, 2.05) is 124 Å². The van der Waals surface area contributed by atoms with Crippen molar-refractivity contribution in [3.8, 4) is 39.5 Å².